The zero-order chi connectivity index (χ0) is 40.4. The lowest BCUT2D eigenvalue weighted by atomic mass is 9.56. The Morgan fingerprint density at radius 1 is 0.949 bits per heavy atom. The second-order valence-electron chi connectivity index (χ2n) is 17.9. The standard InChI is InChI=1S/C44H52N10O5/c1-51-19-20-54(43(51)58)30-3-2-17-53(24-30)35-23-46-38(40(45)56)41(48-35)47-29-7-4-26(5-8-29)27-12-15-44(16-13-27)21-31(22-44)52-18-14-28-6-9-32-37(50-59-39(32)34(28)25-52)33-10-11-36(55)49-42(33)57/h4-9,23,27,30-31,33H,2-3,10-22,24-25H2,1H3,(H2,45,56)(H,47,48)(H,49,55,57)/t27?,30-,31?,33?,44?/m1/s1. The molecule has 0 radical (unpaired) electrons. The molecule has 2 atom stereocenters. The van der Waals surface area contributed by atoms with Gasteiger partial charge < -0.3 is 30.3 Å². The minimum atomic E-state index is -0.641. The summed E-state index contributed by atoms with van der Waals surface area (Å²) in [5.41, 5.74) is 12.3. The molecule has 4 N–H and O–H groups in total. The molecule has 308 valence electrons. The van der Waals surface area contributed by atoms with Crippen molar-refractivity contribution in [2.75, 3.05) is 50.0 Å². The smallest absolute Gasteiger partial charge is 0.320 e. The van der Waals surface area contributed by atoms with E-state index < -0.39 is 11.8 Å². The summed E-state index contributed by atoms with van der Waals surface area (Å²) in [4.78, 5) is 67.2. The first-order valence-corrected chi connectivity index (χ1v) is 21.4. The van der Waals surface area contributed by atoms with Crippen LogP contribution in [0.1, 0.15) is 109 Å². The van der Waals surface area contributed by atoms with E-state index in [0.29, 0.717) is 54.1 Å². The van der Waals surface area contributed by atoms with Crippen molar-refractivity contribution in [1.82, 2.24) is 35.1 Å². The van der Waals surface area contributed by atoms with Crippen LogP contribution < -0.4 is 21.3 Å². The van der Waals surface area contributed by atoms with Crippen molar-refractivity contribution >= 4 is 52.0 Å². The number of hydrogen-bond donors (Lipinski definition) is 3. The predicted molar refractivity (Wildman–Crippen MR) is 220 cm³/mol. The fourth-order valence-electron chi connectivity index (χ4n) is 11.0. The van der Waals surface area contributed by atoms with Crippen LogP contribution in [0.3, 0.4) is 0 Å². The number of primary amides is 1. The molecule has 6 aliphatic rings. The highest BCUT2D eigenvalue weighted by atomic mass is 16.5. The predicted octanol–water partition coefficient (Wildman–Crippen LogP) is 5.18. The molecule has 2 aliphatic carbocycles. The highest BCUT2D eigenvalue weighted by molar-refractivity contribution is 6.02. The number of carbonyl (C=O) groups excluding carboxylic acids is 4. The summed E-state index contributed by atoms with van der Waals surface area (Å²) in [6, 6.07) is 13.4. The third kappa shape index (κ3) is 6.96. The highest BCUT2D eigenvalue weighted by Crippen LogP contribution is 2.56. The molecule has 10 rings (SSSR count). The van der Waals surface area contributed by atoms with Crippen molar-refractivity contribution in [2.45, 2.75) is 101 Å². The van der Waals surface area contributed by atoms with E-state index in [2.05, 4.69) is 60.9 Å². The van der Waals surface area contributed by atoms with Crippen molar-refractivity contribution < 1.29 is 23.7 Å². The average molecular weight is 801 g/mol. The van der Waals surface area contributed by atoms with Gasteiger partial charge in [-0.2, -0.15) is 0 Å². The first-order chi connectivity index (χ1) is 28.6. The summed E-state index contributed by atoms with van der Waals surface area (Å²) < 4.78 is 5.94. The van der Waals surface area contributed by atoms with E-state index in [9.17, 15) is 19.2 Å². The molecule has 15 heteroatoms. The molecule has 1 spiro atoms. The number of likely N-dealkylation sites (N-methyl/N-ethyl adjacent to an activating group) is 1. The van der Waals surface area contributed by atoms with Crippen molar-refractivity contribution in [3.8, 4) is 0 Å². The topological polar surface area (TPSA) is 183 Å². The van der Waals surface area contributed by atoms with Gasteiger partial charge in [-0.3, -0.25) is 24.6 Å². The van der Waals surface area contributed by atoms with E-state index in [4.69, 9.17) is 15.2 Å². The Morgan fingerprint density at radius 3 is 2.51 bits per heavy atom. The van der Waals surface area contributed by atoms with Crippen LogP contribution in [0.5, 0.6) is 0 Å². The number of hydrogen-bond acceptors (Lipinski definition) is 11. The maximum Gasteiger partial charge on any atom is 0.320 e. The molecule has 0 bridgehead atoms. The number of urea groups is 1. The third-order valence-electron chi connectivity index (χ3n) is 14.4. The highest BCUT2D eigenvalue weighted by Gasteiger charge is 2.48. The van der Waals surface area contributed by atoms with Gasteiger partial charge in [-0.05, 0) is 105 Å². The fraction of sp³-hybridized carbons (Fsp3) is 0.523. The SMILES string of the molecule is CN1CCN([C@@H]2CCCN(c3cnc(C(N)=O)c(Nc4ccc(C5CCC6(CC5)CC(N5CCc7ccc8c(C9CCC(=O)NC9=O)noc8c7C5)C6)cc4)n3)C2)C1=O. The van der Waals surface area contributed by atoms with Gasteiger partial charge in [-0.25, -0.2) is 14.8 Å². The molecule has 1 unspecified atom stereocenters. The molecule has 4 aliphatic heterocycles. The van der Waals surface area contributed by atoms with Crippen LogP contribution in [0.2, 0.25) is 0 Å². The van der Waals surface area contributed by atoms with Crippen molar-refractivity contribution in [1.29, 1.82) is 0 Å². The van der Waals surface area contributed by atoms with E-state index in [1.807, 2.05) is 18.0 Å². The molecular formula is C44H52N10O5. The zero-order valence-electron chi connectivity index (χ0n) is 33.6. The number of benzene rings is 2. The molecule has 2 aromatic heterocycles. The van der Waals surface area contributed by atoms with Crippen LogP contribution in [-0.2, 0) is 22.6 Å². The maximum atomic E-state index is 12.7. The first-order valence-electron chi connectivity index (χ1n) is 21.4. The number of imide groups is 1. The van der Waals surface area contributed by atoms with Crippen LogP contribution in [0.4, 0.5) is 22.1 Å². The number of amides is 5. The van der Waals surface area contributed by atoms with Crippen LogP contribution in [0, 0.1) is 5.41 Å². The Balaban J connectivity index is 0.749. The Labute approximate surface area is 343 Å². The van der Waals surface area contributed by atoms with Gasteiger partial charge in [0.1, 0.15) is 11.5 Å². The van der Waals surface area contributed by atoms with Gasteiger partial charge in [0.15, 0.2) is 17.1 Å². The molecule has 5 amide bonds. The molecule has 2 aromatic carbocycles. The van der Waals surface area contributed by atoms with E-state index in [0.717, 1.165) is 68.6 Å². The van der Waals surface area contributed by atoms with Gasteiger partial charge in [0.2, 0.25) is 11.8 Å². The number of nitrogens with one attached hydrogen (secondary N) is 2. The lowest BCUT2D eigenvalue weighted by molar-refractivity contribution is -0.134. The van der Waals surface area contributed by atoms with Crippen LogP contribution in [0.25, 0.3) is 11.0 Å². The molecule has 2 saturated carbocycles. The molecule has 6 heterocycles. The third-order valence-corrected chi connectivity index (χ3v) is 14.4. The number of fused-ring (bicyclic) bond motifs is 3. The number of piperidine rings is 2. The van der Waals surface area contributed by atoms with E-state index in [1.54, 1.807) is 11.1 Å². The first kappa shape index (κ1) is 37.7. The Hall–Kier alpha value is -5.57. The number of aromatic nitrogens is 3. The molecule has 59 heavy (non-hydrogen) atoms. The largest absolute Gasteiger partial charge is 0.364 e. The number of anilines is 3. The van der Waals surface area contributed by atoms with Gasteiger partial charge in [0.05, 0.1) is 18.2 Å². The van der Waals surface area contributed by atoms with Gasteiger partial charge in [-0.1, -0.05) is 23.4 Å². The fourth-order valence-corrected chi connectivity index (χ4v) is 11.0. The van der Waals surface area contributed by atoms with E-state index in [-0.39, 0.29) is 29.6 Å². The maximum absolute atomic E-state index is 12.7. The van der Waals surface area contributed by atoms with E-state index >= 15 is 0 Å². The molecule has 5 fully saturated rings. The minimum Gasteiger partial charge on any atom is -0.364 e. The van der Waals surface area contributed by atoms with Gasteiger partial charge >= 0.3 is 6.03 Å². The number of nitrogens with zero attached hydrogens (tertiary/aromatic N) is 7. The summed E-state index contributed by atoms with van der Waals surface area (Å²) in [5, 5.41) is 11.1. The van der Waals surface area contributed by atoms with Gasteiger partial charge in [0.25, 0.3) is 5.91 Å². The summed E-state index contributed by atoms with van der Waals surface area (Å²) in [6.07, 6.45) is 12.5. The van der Waals surface area contributed by atoms with Gasteiger partial charge in [0, 0.05) is 75.4 Å². The van der Waals surface area contributed by atoms with Gasteiger partial charge in [-0.15, -0.1) is 0 Å². The van der Waals surface area contributed by atoms with Crippen molar-refractivity contribution in [3.05, 3.63) is 70.7 Å². The second-order valence-corrected chi connectivity index (χ2v) is 17.9. The number of carbonyl (C=O) groups is 4. The number of nitrogens with two attached hydrogens (primary N) is 1. The Bertz CT molecular complexity index is 2310. The van der Waals surface area contributed by atoms with Crippen molar-refractivity contribution in [3.63, 3.8) is 0 Å². The summed E-state index contributed by atoms with van der Waals surface area (Å²) in [6.45, 7) is 4.79. The summed E-state index contributed by atoms with van der Waals surface area (Å²) in [7, 11) is 1.84. The minimum absolute atomic E-state index is 0.0727. The van der Waals surface area contributed by atoms with Crippen LogP contribution in [0.15, 0.2) is 47.1 Å². The summed E-state index contributed by atoms with van der Waals surface area (Å²) in [5.74, 6) is -0.126. The lowest BCUT2D eigenvalue weighted by Crippen LogP contribution is -2.53. The summed E-state index contributed by atoms with van der Waals surface area (Å²) >= 11 is 0. The molecule has 3 saturated heterocycles. The average Bonchev–Trinajstić information content (AvgIpc) is 3.82. The van der Waals surface area contributed by atoms with E-state index in [1.165, 1.54) is 55.2 Å². The van der Waals surface area contributed by atoms with Crippen LogP contribution >= 0.6 is 0 Å². The number of rotatable bonds is 8. The molecular weight excluding hydrogens is 749 g/mol. The quantitative estimate of drug-likeness (QED) is 0.200. The molecule has 15 nitrogen and oxygen atoms in total. The van der Waals surface area contributed by atoms with Crippen molar-refractivity contribution in [2.24, 2.45) is 11.1 Å². The normalized spacial score (nSPS) is 27.5. The second kappa shape index (κ2) is 14.9. The zero-order valence-corrected chi connectivity index (χ0v) is 33.6. The Morgan fingerprint density at radius 2 is 1.76 bits per heavy atom. The monoisotopic (exact) mass is 800 g/mol. The molecule has 4 aromatic rings. The van der Waals surface area contributed by atoms with Crippen LogP contribution in [-0.4, -0.2) is 105 Å². The Kier molecular flexibility index (Phi) is 9.53. The lowest BCUT2D eigenvalue weighted by Gasteiger charge is -2.55.